The number of carboxylic acids is 1. The summed E-state index contributed by atoms with van der Waals surface area (Å²) >= 11 is 0. The van der Waals surface area contributed by atoms with Gasteiger partial charge < -0.3 is 9.52 Å². The van der Waals surface area contributed by atoms with E-state index in [9.17, 15) is 4.79 Å². The molecule has 2 atom stereocenters. The van der Waals surface area contributed by atoms with Gasteiger partial charge in [-0.2, -0.15) is 0 Å². The molecule has 90 valence electrons. The van der Waals surface area contributed by atoms with Crippen LogP contribution in [0.25, 0.3) is 0 Å². The normalized spacial score (nSPS) is 15.0. The van der Waals surface area contributed by atoms with Crippen molar-refractivity contribution < 1.29 is 14.3 Å². The summed E-state index contributed by atoms with van der Waals surface area (Å²) in [6, 6.07) is 1.31. The highest BCUT2D eigenvalue weighted by molar-refractivity contribution is 5.73. The Morgan fingerprint density at radius 2 is 2.19 bits per heavy atom. The minimum Gasteiger partial charge on any atom is -0.480 e. The molecule has 2 N–H and O–H groups in total. The molecule has 1 aromatic rings. The first kappa shape index (κ1) is 12.8. The summed E-state index contributed by atoms with van der Waals surface area (Å²) in [6.07, 6.45) is 3.84. The lowest BCUT2D eigenvalue weighted by Crippen LogP contribution is -2.39. The Morgan fingerprint density at radius 1 is 1.50 bits per heavy atom. The summed E-state index contributed by atoms with van der Waals surface area (Å²) in [4.78, 5) is 11.1. The lowest BCUT2D eigenvalue weighted by atomic mass is 10.0. The van der Waals surface area contributed by atoms with Gasteiger partial charge in [-0.15, -0.1) is 0 Å². The smallest absolute Gasteiger partial charge is 0.320 e. The molecule has 0 aliphatic rings. The average Bonchev–Trinajstić information content (AvgIpc) is 2.68. The molecular weight excluding hydrogens is 206 g/mol. The minimum absolute atomic E-state index is 0.0152. The minimum atomic E-state index is -0.802. The Balaban J connectivity index is 2.58. The van der Waals surface area contributed by atoms with Crippen molar-refractivity contribution in [1.82, 2.24) is 5.32 Å². The van der Waals surface area contributed by atoms with E-state index >= 15 is 0 Å². The number of carbonyl (C=O) groups is 1. The van der Waals surface area contributed by atoms with E-state index in [-0.39, 0.29) is 6.04 Å². The van der Waals surface area contributed by atoms with Crippen molar-refractivity contribution in [2.75, 3.05) is 0 Å². The van der Waals surface area contributed by atoms with Crippen LogP contribution in [0.3, 0.4) is 0 Å². The fourth-order valence-electron chi connectivity index (χ4n) is 1.63. The number of hydrogen-bond donors (Lipinski definition) is 2. The second-order valence-corrected chi connectivity index (χ2v) is 4.47. The van der Waals surface area contributed by atoms with E-state index in [1.54, 1.807) is 12.5 Å². The summed E-state index contributed by atoms with van der Waals surface area (Å²) in [7, 11) is 0. The number of carboxylic acid groups (broad SMARTS) is 1. The predicted octanol–water partition coefficient (Wildman–Crippen LogP) is 2.43. The molecule has 0 saturated heterocycles. The lowest BCUT2D eigenvalue weighted by molar-refractivity contribution is -0.140. The van der Waals surface area contributed by atoms with Crippen molar-refractivity contribution in [1.29, 1.82) is 0 Å². The van der Waals surface area contributed by atoms with Crippen molar-refractivity contribution in [3.63, 3.8) is 0 Å². The first-order valence-electron chi connectivity index (χ1n) is 5.51. The molecule has 0 bridgehead atoms. The lowest BCUT2D eigenvalue weighted by Gasteiger charge is -2.20. The van der Waals surface area contributed by atoms with Crippen molar-refractivity contribution in [3.05, 3.63) is 24.2 Å². The van der Waals surface area contributed by atoms with E-state index in [0.717, 1.165) is 5.56 Å². The molecule has 1 heterocycles. The Morgan fingerprint density at radius 3 is 2.62 bits per heavy atom. The first-order chi connectivity index (χ1) is 7.50. The summed E-state index contributed by atoms with van der Waals surface area (Å²) < 4.78 is 4.97. The van der Waals surface area contributed by atoms with Crippen molar-refractivity contribution in [2.24, 2.45) is 5.92 Å². The standard InChI is InChI=1S/C12H19NO3/c1-8(2)6-11(12(14)15)13-9(3)10-4-5-16-7-10/h4-5,7-9,11,13H,6H2,1-3H3,(H,14,15). The van der Waals surface area contributed by atoms with Gasteiger partial charge in [0.05, 0.1) is 12.5 Å². The number of aliphatic carboxylic acids is 1. The Labute approximate surface area is 95.7 Å². The van der Waals surface area contributed by atoms with Crippen LogP contribution in [-0.2, 0) is 4.79 Å². The zero-order valence-corrected chi connectivity index (χ0v) is 9.93. The topological polar surface area (TPSA) is 62.5 Å². The van der Waals surface area contributed by atoms with Gasteiger partial charge in [-0.1, -0.05) is 13.8 Å². The third-order valence-electron chi connectivity index (χ3n) is 2.50. The van der Waals surface area contributed by atoms with E-state index < -0.39 is 12.0 Å². The van der Waals surface area contributed by atoms with Crippen LogP contribution in [0.4, 0.5) is 0 Å². The maximum Gasteiger partial charge on any atom is 0.320 e. The molecule has 1 aromatic heterocycles. The highest BCUT2D eigenvalue weighted by Crippen LogP contribution is 2.15. The van der Waals surface area contributed by atoms with Gasteiger partial charge in [0.2, 0.25) is 0 Å². The number of furan rings is 1. The molecule has 2 unspecified atom stereocenters. The molecule has 0 radical (unpaired) electrons. The molecule has 4 heteroatoms. The van der Waals surface area contributed by atoms with Crippen LogP contribution in [0.1, 0.15) is 38.8 Å². The summed E-state index contributed by atoms with van der Waals surface area (Å²) in [6.45, 7) is 5.96. The third-order valence-corrected chi connectivity index (χ3v) is 2.50. The highest BCUT2D eigenvalue weighted by atomic mass is 16.4. The summed E-state index contributed by atoms with van der Waals surface area (Å²) in [5.74, 6) is -0.450. The Hall–Kier alpha value is -1.29. The van der Waals surface area contributed by atoms with Crippen LogP contribution >= 0.6 is 0 Å². The molecule has 1 rings (SSSR count). The van der Waals surface area contributed by atoms with Crippen molar-refractivity contribution in [2.45, 2.75) is 39.3 Å². The van der Waals surface area contributed by atoms with Gasteiger partial charge in [0.15, 0.2) is 0 Å². The zero-order chi connectivity index (χ0) is 12.1. The number of nitrogens with one attached hydrogen (secondary N) is 1. The van der Waals surface area contributed by atoms with Crippen molar-refractivity contribution in [3.8, 4) is 0 Å². The Kier molecular flexibility index (Phi) is 4.55. The van der Waals surface area contributed by atoms with E-state index in [4.69, 9.17) is 9.52 Å². The monoisotopic (exact) mass is 225 g/mol. The van der Waals surface area contributed by atoms with E-state index in [1.165, 1.54) is 0 Å². The molecule has 0 fully saturated rings. The molecule has 16 heavy (non-hydrogen) atoms. The van der Waals surface area contributed by atoms with Crippen LogP contribution in [0.5, 0.6) is 0 Å². The predicted molar refractivity (Wildman–Crippen MR) is 61.1 cm³/mol. The van der Waals surface area contributed by atoms with Gasteiger partial charge in [0, 0.05) is 11.6 Å². The van der Waals surface area contributed by atoms with E-state index in [1.807, 2.05) is 26.8 Å². The summed E-state index contributed by atoms with van der Waals surface area (Å²) in [5.41, 5.74) is 0.968. The largest absolute Gasteiger partial charge is 0.480 e. The SMILES string of the molecule is CC(C)CC(NC(C)c1ccoc1)C(=O)O. The summed E-state index contributed by atoms with van der Waals surface area (Å²) in [5, 5.41) is 12.2. The van der Waals surface area contributed by atoms with E-state index in [2.05, 4.69) is 5.32 Å². The number of rotatable bonds is 6. The molecule has 0 aliphatic heterocycles. The first-order valence-corrected chi connectivity index (χ1v) is 5.51. The highest BCUT2D eigenvalue weighted by Gasteiger charge is 2.21. The fraction of sp³-hybridized carbons (Fsp3) is 0.583. The molecular formula is C12H19NO3. The van der Waals surface area contributed by atoms with Gasteiger partial charge in [-0.3, -0.25) is 10.1 Å². The zero-order valence-electron chi connectivity index (χ0n) is 9.93. The van der Waals surface area contributed by atoms with Crippen LogP contribution in [0.2, 0.25) is 0 Å². The average molecular weight is 225 g/mol. The van der Waals surface area contributed by atoms with Crippen LogP contribution in [0, 0.1) is 5.92 Å². The molecule has 0 spiro atoms. The second kappa shape index (κ2) is 5.70. The second-order valence-electron chi connectivity index (χ2n) is 4.47. The quantitative estimate of drug-likeness (QED) is 0.780. The Bertz CT molecular complexity index is 319. The van der Waals surface area contributed by atoms with Crippen LogP contribution < -0.4 is 5.32 Å². The molecule has 4 nitrogen and oxygen atoms in total. The van der Waals surface area contributed by atoms with Gasteiger partial charge in [-0.25, -0.2) is 0 Å². The fourth-order valence-corrected chi connectivity index (χ4v) is 1.63. The third kappa shape index (κ3) is 3.70. The van der Waals surface area contributed by atoms with Gasteiger partial charge in [0.25, 0.3) is 0 Å². The molecule has 0 saturated carbocycles. The van der Waals surface area contributed by atoms with Gasteiger partial charge in [0.1, 0.15) is 6.04 Å². The maximum atomic E-state index is 11.1. The van der Waals surface area contributed by atoms with Gasteiger partial charge in [-0.05, 0) is 25.3 Å². The molecule has 0 aliphatic carbocycles. The van der Waals surface area contributed by atoms with Crippen molar-refractivity contribution >= 4 is 5.97 Å². The van der Waals surface area contributed by atoms with Gasteiger partial charge >= 0.3 is 5.97 Å². The number of hydrogen-bond acceptors (Lipinski definition) is 3. The van der Waals surface area contributed by atoms with E-state index in [0.29, 0.717) is 12.3 Å². The van der Waals surface area contributed by atoms with Crippen LogP contribution in [-0.4, -0.2) is 17.1 Å². The molecule has 0 aromatic carbocycles. The van der Waals surface area contributed by atoms with Crippen LogP contribution in [0.15, 0.2) is 23.0 Å². The molecule has 0 amide bonds. The maximum absolute atomic E-state index is 11.1.